The van der Waals surface area contributed by atoms with Gasteiger partial charge in [0.1, 0.15) is 0 Å². The van der Waals surface area contributed by atoms with Crippen LogP contribution in [-0.2, 0) is 0 Å². The summed E-state index contributed by atoms with van der Waals surface area (Å²) >= 11 is 1.30. The molecule has 0 saturated carbocycles. The van der Waals surface area contributed by atoms with E-state index in [4.69, 9.17) is 9.84 Å². The molecule has 2 aromatic rings. The fraction of sp³-hybridized carbons (Fsp3) is 0.0714. The molecule has 0 unspecified atom stereocenters. The molecule has 108 valence electrons. The predicted octanol–water partition coefficient (Wildman–Crippen LogP) is 3.45. The van der Waals surface area contributed by atoms with Crippen molar-refractivity contribution >= 4 is 23.4 Å². The van der Waals surface area contributed by atoms with Crippen molar-refractivity contribution in [1.29, 1.82) is 0 Å². The van der Waals surface area contributed by atoms with Gasteiger partial charge in [-0.15, -0.1) is 0 Å². The molecule has 0 radical (unpaired) electrons. The number of nitro benzene ring substituents is 1. The first-order chi connectivity index (χ1) is 10.0. The van der Waals surface area contributed by atoms with Crippen LogP contribution >= 0.6 is 11.8 Å². The van der Waals surface area contributed by atoms with Gasteiger partial charge < -0.3 is 9.84 Å². The molecular formula is C14H11NO5S. The third-order valence-corrected chi connectivity index (χ3v) is 3.64. The van der Waals surface area contributed by atoms with Gasteiger partial charge in [-0.05, 0) is 24.3 Å². The zero-order valence-corrected chi connectivity index (χ0v) is 11.8. The molecule has 0 heterocycles. The number of nitro groups is 1. The smallest absolute Gasteiger partial charge is 0.335 e. The van der Waals surface area contributed by atoms with Gasteiger partial charge in [-0.2, -0.15) is 0 Å². The van der Waals surface area contributed by atoms with Gasteiger partial charge in [0.15, 0.2) is 5.75 Å². The van der Waals surface area contributed by atoms with Crippen molar-refractivity contribution in [2.45, 2.75) is 9.79 Å². The van der Waals surface area contributed by atoms with Crippen LogP contribution < -0.4 is 4.74 Å². The Morgan fingerprint density at radius 2 is 1.95 bits per heavy atom. The quantitative estimate of drug-likeness (QED) is 0.672. The number of benzene rings is 2. The topological polar surface area (TPSA) is 89.7 Å². The molecule has 1 N–H and O–H groups in total. The molecule has 0 aromatic heterocycles. The Balaban J connectivity index is 2.29. The molecule has 0 spiro atoms. The molecule has 0 aliphatic heterocycles. The van der Waals surface area contributed by atoms with Gasteiger partial charge in [-0.25, -0.2) is 4.79 Å². The molecular weight excluding hydrogens is 294 g/mol. The number of nitrogens with zero attached hydrogens (tertiary/aromatic N) is 1. The van der Waals surface area contributed by atoms with Gasteiger partial charge in [0.2, 0.25) is 0 Å². The average molecular weight is 305 g/mol. The largest absolute Gasteiger partial charge is 0.490 e. The number of hydrogen-bond acceptors (Lipinski definition) is 5. The zero-order chi connectivity index (χ0) is 15.4. The number of rotatable bonds is 5. The lowest BCUT2D eigenvalue weighted by molar-refractivity contribution is -0.385. The van der Waals surface area contributed by atoms with Crippen LogP contribution in [0.3, 0.4) is 0 Å². The highest BCUT2D eigenvalue weighted by molar-refractivity contribution is 7.99. The van der Waals surface area contributed by atoms with Gasteiger partial charge in [0.05, 0.1) is 17.6 Å². The molecule has 21 heavy (non-hydrogen) atoms. The van der Waals surface area contributed by atoms with Crippen LogP contribution in [0, 0.1) is 10.1 Å². The number of hydrogen-bond donors (Lipinski definition) is 1. The lowest BCUT2D eigenvalue weighted by Crippen LogP contribution is -1.95. The Bertz CT molecular complexity index is 702. The summed E-state index contributed by atoms with van der Waals surface area (Å²) in [7, 11) is 1.36. The fourth-order valence-corrected chi connectivity index (χ4v) is 2.61. The van der Waals surface area contributed by atoms with Gasteiger partial charge in [-0.3, -0.25) is 10.1 Å². The van der Waals surface area contributed by atoms with E-state index < -0.39 is 10.9 Å². The molecule has 0 atom stereocenters. The molecule has 2 rings (SSSR count). The normalized spacial score (nSPS) is 10.1. The summed E-state index contributed by atoms with van der Waals surface area (Å²) in [6.07, 6.45) is 0. The van der Waals surface area contributed by atoms with Gasteiger partial charge in [-0.1, -0.05) is 17.8 Å². The maximum Gasteiger partial charge on any atom is 0.335 e. The molecule has 7 heteroatoms. The third-order valence-electron chi connectivity index (χ3n) is 2.66. The van der Waals surface area contributed by atoms with Crippen molar-refractivity contribution in [3.8, 4) is 5.75 Å². The molecule has 2 aromatic carbocycles. The maximum absolute atomic E-state index is 10.9. The summed E-state index contributed by atoms with van der Waals surface area (Å²) in [5, 5.41) is 19.8. The fourth-order valence-electron chi connectivity index (χ4n) is 1.70. The first kappa shape index (κ1) is 14.9. The van der Waals surface area contributed by atoms with E-state index in [-0.39, 0.29) is 17.0 Å². The first-order valence-corrected chi connectivity index (χ1v) is 6.66. The summed E-state index contributed by atoms with van der Waals surface area (Å²) < 4.78 is 5.00. The Hall–Kier alpha value is -2.54. The Labute approximate surface area is 124 Å². The van der Waals surface area contributed by atoms with Gasteiger partial charge in [0, 0.05) is 21.9 Å². The maximum atomic E-state index is 10.9. The van der Waals surface area contributed by atoms with Crippen LogP contribution in [-0.4, -0.2) is 23.1 Å². The van der Waals surface area contributed by atoms with Crippen LogP contribution in [0.15, 0.2) is 52.3 Å². The van der Waals surface area contributed by atoms with E-state index in [2.05, 4.69) is 0 Å². The minimum Gasteiger partial charge on any atom is -0.490 e. The minimum absolute atomic E-state index is 0.110. The highest BCUT2D eigenvalue weighted by Gasteiger charge is 2.15. The number of carboxylic acid groups (broad SMARTS) is 1. The summed E-state index contributed by atoms with van der Waals surface area (Å²) in [5.41, 5.74) is 0.0787. The molecule has 0 fully saturated rings. The summed E-state index contributed by atoms with van der Waals surface area (Å²) in [6.45, 7) is 0. The van der Waals surface area contributed by atoms with Crippen molar-refractivity contribution < 1.29 is 19.6 Å². The summed E-state index contributed by atoms with van der Waals surface area (Å²) in [4.78, 5) is 22.7. The second-order valence-electron chi connectivity index (χ2n) is 4.03. The zero-order valence-electron chi connectivity index (χ0n) is 11.0. The predicted molar refractivity (Wildman–Crippen MR) is 77.2 cm³/mol. The van der Waals surface area contributed by atoms with E-state index in [9.17, 15) is 14.9 Å². The lowest BCUT2D eigenvalue weighted by atomic mass is 10.2. The van der Waals surface area contributed by atoms with Crippen LogP contribution in [0.5, 0.6) is 5.75 Å². The summed E-state index contributed by atoms with van der Waals surface area (Å²) in [6, 6.07) is 11.0. The molecule has 0 bridgehead atoms. The number of ether oxygens (including phenoxy) is 1. The number of methoxy groups -OCH3 is 1. The van der Waals surface area contributed by atoms with Crippen LogP contribution in [0.4, 0.5) is 5.69 Å². The molecule has 6 nitrogen and oxygen atoms in total. The first-order valence-electron chi connectivity index (χ1n) is 5.85. The molecule has 0 amide bonds. The highest BCUT2D eigenvalue weighted by Crippen LogP contribution is 2.35. The van der Waals surface area contributed by atoms with Gasteiger partial charge >= 0.3 is 11.7 Å². The van der Waals surface area contributed by atoms with Crippen molar-refractivity contribution in [3.63, 3.8) is 0 Å². The molecule has 0 aliphatic rings. The number of carboxylic acids is 1. The van der Waals surface area contributed by atoms with Crippen molar-refractivity contribution in [2.75, 3.05) is 7.11 Å². The van der Waals surface area contributed by atoms with Crippen LogP contribution in [0.1, 0.15) is 10.4 Å². The SMILES string of the molecule is COc1cc(Sc2cccc(C(=O)O)c2)ccc1[N+](=O)[O-]. The van der Waals surface area contributed by atoms with Crippen LogP contribution in [0.2, 0.25) is 0 Å². The minimum atomic E-state index is -1.00. The third kappa shape index (κ3) is 3.51. The van der Waals surface area contributed by atoms with E-state index >= 15 is 0 Å². The standard InChI is InChI=1S/C14H11NO5S/c1-20-13-8-11(5-6-12(13)15(18)19)21-10-4-2-3-9(7-10)14(16)17/h2-8H,1H3,(H,16,17). The number of aromatic carboxylic acids is 1. The lowest BCUT2D eigenvalue weighted by Gasteiger charge is -2.06. The Morgan fingerprint density at radius 1 is 1.24 bits per heavy atom. The van der Waals surface area contributed by atoms with E-state index in [1.807, 2.05) is 0 Å². The monoisotopic (exact) mass is 305 g/mol. The Morgan fingerprint density at radius 3 is 2.57 bits per heavy atom. The Kier molecular flexibility index (Phi) is 4.44. The van der Waals surface area contributed by atoms with Crippen molar-refractivity contribution in [2.24, 2.45) is 0 Å². The van der Waals surface area contributed by atoms with E-state index in [0.29, 0.717) is 0 Å². The average Bonchev–Trinajstić information content (AvgIpc) is 2.47. The highest BCUT2D eigenvalue weighted by atomic mass is 32.2. The van der Waals surface area contributed by atoms with E-state index in [1.54, 1.807) is 30.3 Å². The second-order valence-corrected chi connectivity index (χ2v) is 5.17. The van der Waals surface area contributed by atoms with Crippen LogP contribution in [0.25, 0.3) is 0 Å². The number of carbonyl (C=O) groups is 1. The van der Waals surface area contributed by atoms with E-state index in [1.165, 1.54) is 31.0 Å². The van der Waals surface area contributed by atoms with E-state index in [0.717, 1.165) is 9.79 Å². The molecule has 0 aliphatic carbocycles. The van der Waals surface area contributed by atoms with Crippen molar-refractivity contribution in [1.82, 2.24) is 0 Å². The van der Waals surface area contributed by atoms with Crippen molar-refractivity contribution in [3.05, 3.63) is 58.1 Å². The second kappa shape index (κ2) is 6.27. The molecule has 0 saturated heterocycles. The van der Waals surface area contributed by atoms with Gasteiger partial charge in [0.25, 0.3) is 0 Å². The summed E-state index contributed by atoms with van der Waals surface area (Å²) in [5.74, 6) is -0.835.